The van der Waals surface area contributed by atoms with Crippen LogP contribution in [0.15, 0.2) is 6.20 Å². The number of hydrogen-bond donors (Lipinski definition) is 2. The first kappa shape index (κ1) is 13.4. The van der Waals surface area contributed by atoms with Gasteiger partial charge in [-0.3, -0.25) is 9.59 Å². The lowest BCUT2D eigenvalue weighted by molar-refractivity contribution is -0.147. The van der Waals surface area contributed by atoms with E-state index in [4.69, 9.17) is 16.2 Å². The summed E-state index contributed by atoms with van der Waals surface area (Å²) in [4.78, 5) is 24.8. The number of rotatable bonds is 4. The maximum absolute atomic E-state index is 12.1. The van der Waals surface area contributed by atoms with E-state index in [0.717, 1.165) is 0 Å². The predicted molar refractivity (Wildman–Crippen MR) is 63.4 cm³/mol. The average Bonchev–Trinajstić information content (AvgIpc) is 2.86. The van der Waals surface area contributed by atoms with E-state index in [9.17, 15) is 9.59 Å². The van der Waals surface area contributed by atoms with Gasteiger partial charge in [-0.15, -0.1) is 5.10 Å². The third-order valence-electron chi connectivity index (χ3n) is 2.87. The van der Waals surface area contributed by atoms with Gasteiger partial charge in [-0.2, -0.15) is 0 Å². The Morgan fingerprint density at radius 3 is 2.95 bits per heavy atom. The maximum atomic E-state index is 12.1. The van der Waals surface area contributed by atoms with Gasteiger partial charge in [-0.1, -0.05) is 5.21 Å². The summed E-state index contributed by atoms with van der Waals surface area (Å²) in [6, 6.07) is -0.723. The van der Waals surface area contributed by atoms with Crippen molar-refractivity contribution in [1.82, 2.24) is 19.9 Å². The van der Waals surface area contributed by atoms with E-state index >= 15 is 0 Å². The molecule has 4 N–H and O–H groups in total. The van der Waals surface area contributed by atoms with Crippen LogP contribution in [0.1, 0.15) is 5.69 Å². The molecule has 0 radical (unpaired) electrons. The number of nitrogens with two attached hydrogens (primary N) is 2. The minimum atomic E-state index is -0.723. The zero-order valence-corrected chi connectivity index (χ0v) is 10.4. The molecule has 104 valence electrons. The van der Waals surface area contributed by atoms with Gasteiger partial charge in [0.2, 0.25) is 11.8 Å². The molecular formula is C10H16N6O3. The van der Waals surface area contributed by atoms with Gasteiger partial charge in [0.15, 0.2) is 0 Å². The molecule has 9 heteroatoms. The fourth-order valence-electron chi connectivity index (χ4n) is 1.88. The van der Waals surface area contributed by atoms with E-state index in [1.165, 1.54) is 9.58 Å². The number of aromatic nitrogens is 3. The summed E-state index contributed by atoms with van der Waals surface area (Å²) >= 11 is 0. The molecule has 1 fully saturated rings. The number of carbonyl (C=O) groups excluding carboxylic acids is 2. The van der Waals surface area contributed by atoms with E-state index in [0.29, 0.717) is 18.8 Å². The number of carbonyl (C=O) groups is 2. The van der Waals surface area contributed by atoms with Crippen molar-refractivity contribution >= 4 is 11.8 Å². The SMILES string of the molecule is NCc1cn(CC(=O)N2CCOCC2C(N)=O)nn1. The van der Waals surface area contributed by atoms with Crippen LogP contribution in [0.3, 0.4) is 0 Å². The maximum Gasteiger partial charge on any atom is 0.245 e. The van der Waals surface area contributed by atoms with Crippen LogP contribution in [-0.4, -0.2) is 57.5 Å². The number of ether oxygens (including phenoxy) is 1. The van der Waals surface area contributed by atoms with Crippen molar-refractivity contribution in [3.8, 4) is 0 Å². The lowest BCUT2D eigenvalue weighted by Gasteiger charge is -2.33. The van der Waals surface area contributed by atoms with Crippen LogP contribution < -0.4 is 11.5 Å². The third-order valence-corrected chi connectivity index (χ3v) is 2.87. The zero-order valence-electron chi connectivity index (χ0n) is 10.4. The topological polar surface area (TPSA) is 129 Å². The lowest BCUT2D eigenvalue weighted by Crippen LogP contribution is -2.55. The molecule has 9 nitrogen and oxygen atoms in total. The molecule has 0 bridgehead atoms. The van der Waals surface area contributed by atoms with Crippen molar-refractivity contribution in [3.05, 3.63) is 11.9 Å². The molecular weight excluding hydrogens is 252 g/mol. The largest absolute Gasteiger partial charge is 0.377 e. The Morgan fingerprint density at radius 2 is 2.32 bits per heavy atom. The molecule has 1 unspecified atom stereocenters. The van der Waals surface area contributed by atoms with Crippen molar-refractivity contribution in [2.45, 2.75) is 19.1 Å². The molecule has 1 aliphatic heterocycles. The molecule has 1 aromatic heterocycles. The quantitative estimate of drug-likeness (QED) is 0.618. The Labute approximate surface area is 109 Å². The number of amides is 2. The van der Waals surface area contributed by atoms with E-state index in [1.807, 2.05) is 0 Å². The summed E-state index contributed by atoms with van der Waals surface area (Å²) in [6.07, 6.45) is 1.59. The van der Waals surface area contributed by atoms with Gasteiger partial charge in [0.25, 0.3) is 0 Å². The van der Waals surface area contributed by atoms with Crippen LogP contribution in [0.4, 0.5) is 0 Å². The molecule has 0 saturated carbocycles. The van der Waals surface area contributed by atoms with Crippen molar-refractivity contribution in [2.24, 2.45) is 11.5 Å². The number of morpholine rings is 1. The Kier molecular flexibility index (Phi) is 4.07. The smallest absolute Gasteiger partial charge is 0.245 e. The summed E-state index contributed by atoms with van der Waals surface area (Å²) < 4.78 is 6.54. The summed E-state index contributed by atoms with van der Waals surface area (Å²) in [5.74, 6) is -0.824. The minimum absolute atomic E-state index is 0.00319. The second kappa shape index (κ2) is 5.76. The molecule has 1 atom stereocenters. The average molecular weight is 268 g/mol. The van der Waals surface area contributed by atoms with Gasteiger partial charge >= 0.3 is 0 Å². The van der Waals surface area contributed by atoms with Crippen LogP contribution in [0.2, 0.25) is 0 Å². The lowest BCUT2D eigenvalue weighted by atomic mass is 10.2. The minimum Gasteiger partial charge on any atom is -0.377 e. The number of nitrogens with zero attached hydrogens (tertiary/aromatic N) is 4. The molecule has 0 aliphatic carbocycles. The van der Waals surface area contributed by atoms with Gasteiger partial charge < -0.3 is 21.1 Å². The highest BCUT2D eigenvalue weighted by atomic mass is 16.5. The Balaban J connectivity index is 2.03. The molecule has 0 spiro atoms. The number of primary amides is 1. The molecule has 19 heavy (non-hydrogen) atoms. The fourth-order valence-corrected chi connectivity index (χ4v) is 1.88. The highest BCUT2D eigenvalue weighted by molar-refractivity contribution is 5.86. The highest BCUT2D eigenvalue weighted by Gasteiger charge is 2.31. The van der Waals surface area contributed by atoms with Gasteiger partial charge in [-0.25, -0.2) is 4.68 Å². The van der Waals surface area contributed by atoms with Crippen LogP contribution >= 0.6 is 0 Å². The highest BCUT2D eigenvalue weighted by Crippen LogP contribution is 2.08. The predicted octanol–water partition coefficient (Wildman–Crippen LogP) is -2.55. The summed E-state index contributed by atoms with van der Waals surface area (Å²) in [5.41, 5.74) is 11.3. The van der Waals surface area contributed by atoms with Gasteiger partial charge in [0.05, 0.1) is 25.1 Å². The Morgan fingerprint density at radius 1 is 1.53 bits per heavy atom. The van der Waals surface area contributed by atoms with Gasteiger partial charge in [-0.05, 0) is 0 Å². The zero-order chi connectivity index (χ0) is 13.8. The van der Waals surface area contributed by atoms with Crippen molar-refractivity contribution < 1.29 is 14.3 Å². The molecule has 1 aromatic rings. The monoisotopic (exact) mass is 268 g/mol. The fraction of sp³-hybridized carbons (Fsp3) is 0.600. The van der Waals surface area contributed by atoms with Crippen molar-refractivity contribution in [2.75, 3.05) is 19.8 Å². The van der Waals surface area contributed by atoms with Crippen LogP contribution in [0.25, 0.3) is 0 Å². The van der Waals surface area contributed by atoms with Gasteiger partial charge in [0.1, 0.15) is 12.6 Å². The Hall–Kier alpha value is -2.00. The first-order chi connectivity index (χ1) is 9.11. The van der Waals surface area contributed by atoms with Crippen molar-refractivity contribution in [3.63, 3.8) is 0 Å². The standard InChI is InChI=1S/C10H16N6O3/c11-3-7-4-15(14-13-7)5-9(17)16-1-2-19-6-8(16)10(12)18/h4,8H,1-3,5-6,11H2,(H2,12,18). The molecule has 1 saturated heterocycles. The van der Waals surface area contributed by atoms with Crippen LogP contribution in [-0.2, 0) is 27.4 Å². The summed E-state index contributed by atoms with van der Waals surface area (Å²) in [7, 11) is 0. The second-order valence-electron chi connectivity index (χ2n) is 4.19. The van der Waals surface area contributed by atoms with E-state index < -0.39 is 11.9 Å². The molecule has 2 heterocycles. The first-order valence-corrected chi connectivity index (χ1v) is 5.87. The summed E-state index contributed by atoms with van der Waals surface area (Å²) in [6.45, 7) is 1.12. The molecule has 0 aromatic carbocycles. The molecule has 2 amide bonds. The van der Waals surface area contributed by atoms with Crippen LogP contribution in [0, 0.1) is 0 Å². The van der Waals surface area contributed by atoms with Crippen molar-refractivity contribution in [1.29, 1.82) is 0 Å². The van der Waals surface area contributed by atoms with Gasteiger partial charge in [0, 0.05) is 13.1 Å². The summed E-state index contributed by atoms with van der Waals surface area (Å²) in [5, 5.41) is 7.57. The number of hydrogen-bond acceptors (Lipinski definition) is 6. The molecule has 1 aliphatic rings. The third kappa shape index (κ3) is 3.06. The Bertz CT molecular complexity index is 474. The molecule has 2 rings (SSSR count). The van der Waals surface area contributed by atoms with E-state index in [2.05, 4.69) is 10.3 Å². The van der Waals surface area contributed by atoms with Crippen LogP contribution in [0.5, 0.6) is 0 Å². The normalized spacial score (nSPS) is 19.4. The van der Waals surface area contributed by atoms with E-state index in [-0.39, 0.29) is 25.6 Å². The van der Waals surface area contributed by atoms with E-state index in [1.54, 1.807) is 6.20 Å². The second-order valence-corrected chi connectivity index (χ2v) is 4.19. The first-order valence-electron chi connectivity index (χ1n) is 5.87.